The summed E-state index contributed by atoms with van der Waals surface area (Å²) < 4.78 is 2.18. The molecule has 1 aliphatic carbocycles. The molecular weight excluding hydrogens is 386 g/mol. The number of para-hydroxylation sites is 1. The van der Waals surface area contributed by atoms with Crippen molar-refractivity contribution in [1.82, 2.24) is 4.98 Å². The molecule has 0 amide bonds. The number of Topliss-reactive ketones (excluding diaryl/α,β-unsaturated/α-hetero) is 2. The van der Waals surface area contributed by atoms with E-state index in [0.717, 1.165) is 28.8 Å². The van der Waals surface area contributed by atoms with Gasteiger partial charge >= 0.3 is 0 Å². The first-order chi connectivity index (χ1) is 14.9. The van der Waals surface area contributed by atoms with E-state index < -0.39 is 5.92 Å². The number of aromatic amines is 1. The minimum absolute atomic E-state index is 0.163. The van der Waals surface area contributed by atoms with E-state index >= 15 is 0 Å². The third-order valence-electron chi connectivity index (χ3n) is 6.61. The van der Waals surface area contributed by atoms with Gasteiger partial charge in [0, 0.05) is 34.8 Å². The Morgan fingerprint density at radius 1 is 1.16 bits per heavy atom. The summed E-state index contributed by atoms with van der Waals surface area (Å²) in [4.78, 5) is 29.4. The molecule has 152 valence electrons. The van der Waals surface area contributed by atoms with Gasteiger partial charge < -0.3 is 4.98 Å². The van der Waals surface area contributed by atoms with Crippen LogP contribution in [0.15, 0.2) is 60.3 Å². The predicted octanol–water partition coefficient (Wildman–Crippen LogP) is 4.30. The van der Waals surface area contributed by atoms with E-state index in [1.165, 1.54) is 5.56 Å². The van der Waals surface area contributed by atoms with Crippen molar-refractivity contribution >= 4 is 33.9 Å². The number of aromatic nitrogens is 1. The van der Waals surface area contributed by atoms with Crippen LogP contribution in [0.4, 0.5) is 5.69 Å². The molecule has 5 nitrogen and oxygen atoms in total. The summed E-state index contributed by atoms with van der Waals surface area (Å²) in [7, 11) is 0. The number of fused-ring (bicyclic) bond motifs is 2. The fraction of sp³-hybridized carbons (Fsp3) is 0.231. The number of carbonyl (C=O) groups is 2. The van der Waals surface area contributed by atoms with E-state index in [1.807, 2.05) is 12.1 Å². The number of nitrogens with one attached hydrogen (secondary N) is 1. The monoisotopic (exact) mass is 408 g/mol. The maximum absolute atomic E-state index is 13.1. The first-order valence-corrected chi connectivity index (χ1v) is 10.4. The number of H-pyrrole nitrogens is 1. The zero-order valence-corrected chi connectivity index (χ0v) is 17.7. The summed E-state index contributed by atoms with van der Waals surface area (Å²) in [5.41, 5.74) is 5.20. The second-order valence-corrected chi connectivity index (χ2v) is 8.61. The third kappa shape index (κ3) is 2.58. The Kier molecular flexibility index (Phi) is 4.10. The Balaban J connectivity index is 1.56. The lowest BCUT2D eigenvalue weighted by Gasteiger charge is -2.26. The molecule has 1 saturated carbocycles. The Labute approximate surface area is 180 Å². The Morgan fingerprint density at radius 3 is 2.61 bits per heavy atom. The van der Waals surface area contributed by atoms with Gasteiger partial charge in [0.05, 0.1) is 22.6 Å². The first kappa shape index (κ1) is 19.2. The van der Waals surface area contributed by atoms with E-state index in [1.54, 1.807) is 30.5 Å². The molecule has 0 radical (unpaired) electrons. The Morgan fingerprint density at radius 2 is 1.90 bits per heavy atom. The highest BCUT2D eigenvalue weighted by atomic mass is 16.2. The highest BCUT2D eigenvalue weighted by molar-refractivity contribution is 6.43. The van der Waals surface area contributed by atoms with Crippen LogP contribution in [0.5, 0.6) is 0 Å². The van der Waals surface area contributed by atoms with Gasteiger partial charge in [-0.2, -0.15) is 9.84 Å². The summed E-state index contributed by atoms with van der Waals surface area (Å²) >= 11 is 0. The molecule has 5 rings (SSSR count). The number of hydrogen-bond donors (Lipinski definition) is 1. The van der Waals surface area contributed by atoms with Crippen molar-refractivity contribution in [3.05, 3.63) is 77.0 Å². The summed E-state index contributed by atoms with van der Waals surface area (Å²) in [6, 6.07) is 15.6. The SMILES string of the molecule is CC[N+]1=C(C=C2C(=O)C(c3c[nH]c4ccc(C#N)cc34)C2=O)C(C)(C)c2ccccc21. The highest BCUT2D eigenvalue weighted by Crippen LogP contribution is 2.42. The van der Waals surface area contributed by atoms with Crippen molar-refractivity contribution in [1.29, 1.82) is 5.26 Å². The van der Waals surface area contributed by atoms with Crippen LogP contribution in [0.3, 0.4) is 0 Å². The molecule has 1 aliphatic heterocycles. The van der Waals surface area contributed by atoms with Crippen LogP contribution < -0.4 is 0 Å². The van der Waals surface area contributed by atoms with E-state index in [2.05, 4.69) is 48.5 Å². The normalized spacial score (nSPS) is 19.4. The topological polar surface area (TPSA) is 76.7 Å². The zero-order valence-electron chi connectivity index (χ0n) is 17.7. The summed E-state index contributed by atoms with van der Waals surface area (Å²) in [5.74, 6) is -1.14. The molecule has 2 aromatic carbocycles. The quantitative estimate of drug-likeness (QED) is 0.304. The van der Waals surface area contributed by atoms with E-state index in [-0.39, 0.29) is 22.6 Å². The first-order valence-electron chi connectivity index (χ1n) is 10.4. The number of benzene rings is 2. The largest absolute Gasteiger partial charge is 0.361 e. The van der Waals surface area contributed by atoms with Crippen LogP contribution in [-0.2, 0) is 15.0 Å². The smallest absolute Gasteiger partial charge is 0.209 e. The fourth-order valence-electron chi connectivity index (χ4n) is 4.93. The molecule has 0 unspecified atom stereocenters. The molecule has 1 N–H and O–H groups in total. The van der Waals surface area contributed by atoms with Crippen molar-refractivity contribution in [2.75, 3.05) is 6.54 Å². The van der Waals surface area contributed by atoms with Crippen LogP contribution in [0.25, 0.3) is 10.9 Å². The van der Waals surface area contributed by atoms with Gasteiger partial charge in [-0.25, -0.2) is 0 Å². The van der Waals surface area contributed by atoms with Gasteiger partial charge in [0.15, 0.2) is 17.3 Å². The molecule has 0 spiro atoms. The summed E-state index contributed by atoms with van der Waals surface area (Å²) in [6.07, 6.45) is 3.50. The van der Waals surface area contributed by atoms with E-state index in [9.17, 15) is 14.9 Å². The van der Waals surface area contributed by atoms with Gasteiger partial charge in [0.2, 0.25) is 5.69 Å². The molecule has 0 atom stereocenters. The van der Waals surface area contributed by atoms with Crippen LogP contribution >= 0.6 is 0 Å². The molecule has 0 saturated heterocycles. The molecule has 1 fully saturated rings. The molecule has 3 aromatic rings. The van der Waals surface area contributed by atoms with Gasteiger partial charge in [0.25, 0.3) is 0 Å². The lowest BCUT2D eigenvalue weighted by molar-refractivity contribution is -0.433. The lowest BCUT2D eigenvalue weighted by atomic mass is 9.71. The van der Waals surface area contributed by atoms with Gasteiger partial charge in [-0.05, 0) is 44.5 Å². The molecule has 31 heavy (non-hydrogen) atoms. The van der Waals surface area contributed by atoms with Crippen LogP contribution in [0.2, 0.25) is 0 Å². The minimum atomic E-state index is -0.809. The maximum Gasteiger partial charge on any atom is 0.209 e. The second-order valence-electron chi connectivity index (χ2n) is 8.61. The van der Waals surface area contributed by atoms with E-state index in [0.29, 0.717) is 11.1 Å². The molecule has 2 heterocycles. The van der Waals surface area contributed by atoms with Gasteiger partial charge in [-0.1, -0.05) is 18.2 Å². The number of rotatable bonds is 3. The van der Waals surface area contributed by atoms with Crippen molar-refractivity contribution in [3.63, 3.8) is 0 Å². The molecular formula is C26H22N3O2+. The fourth-order valence-corrected chi connectivity index (χ4v) is 4.93. The molecule has 2 aliphatic rings. The molecule has 1 aromatic heterocycles. The Bertz CT molecular complexity index is 1380. The highest BCUT2D eigenvalue weighted by Gasteiger charge is 2.50. The van der Waals surface area contributed by atoms with Crippen LogP contribution in [0.1, 0.15) is 43.4 Å². The number of nitriles is 1. The third-order valence-corrected chi connectivity index (χ3v) is 6.61. The van der Waals surface area contributed by atoms with Crippen molar-refractivity contribution < 1.29 is 14.2 Å². The standard InChI is InChI=1S/C26H21N3O2/c1-4-29-21-8-6-5-7-19(21)26(2,3)22(29)12-17-24(30)23(25(17)31)18-14-28-20-10-9-15(13-27)11-16(18)20/h5-12,14,23H,4H2,1-3H3/p+1. The van der Waals surface area contributed by atoms with Crippen molar-refractivity contribution in [3.8, 4) is 6.07 Å². The number of carbonyl (C=O) groups excluding carboxylic acids is 2. The summed E-state index contributed by atoms with van der Waals surface area (Å²) in [5, 5.41) is 9.95. The predicted molar refractivity (Wildman–Crippen MR) is 119 cm³/mol. The van der Waals surface area contributed by atoms with Crippen molar-refractivity contribution in [2.45, 2.75) is 32.1 Å². The zero-order chi connectivity index (χ0) is 21.9. The second kappa shape index (κ2) is 6.61. The maximum atomic E-state index is 13.1. The number of ketones is 2. The van der Waals surface area contributed by atoms with Crippen LogP contribution in [-0.4, -0.2) is 33.4 Å². The van der Waals surface area contributed by atoms with Crippen molar-refractivity contribution in [2.24, 2.45) is 0 Å². The number of hydrogen-bond acceptors (Lipinski definition) is 3. The molecule has 0 bridgehead atoms. The van der Waals surface area contributed by atoms with Gasteiger partial charge in [0.1, 0.15) is 12.5 Å². The van der Waals surface area contributed by atoms with Gasteiger partial charge in [-0.15, -0.1) is 0 Å². The van der Waals surface area contributed by atoms with E-state index in [4.69, 9.17) is 0 Å². The van der Waals surface area contributed by atoms with Gasteiger partial charge in [-0.3, -0.25) is 9.59 Å². The number of allylic oxidation sites excluding steroid dienone is 2. The molecule has 5 heteroatoms. The average Bonchev–Trinajstić information content (AvgIpc) is 3.28. The lowest BCUT2D eigenvalue weighted by Crippen LogP contribution is -2.40. The van der Waals surface area contributed by atoms with Crippen LogP contribution in [0, 0.1) is 11.3 Å². The summed E-state index contributed by atoms with van der Waals surface area (Å²) in [6.45, 7) is 7.08. The average molecular weight is 408 g/mol. The number of nitrogens with zero attached hydrogens (tertiary/aromatic N) is 2. The minimum Gasteiger partial charge on any atom is -0.361 e. The Hall–Kier alpha value is -3.78.